The third kappa shape index (κ3) is 1.82. The Balaban J connectivity index is 2.44. The van der Waals surface area contributed by atoms with E-state index in [0.717, 1.165) is 11.1 Å². The maximum Gasteiger partial charge on any atom is 0.273 e. The molecule has 2 rings (SSSR count). The van der Waals surface area contributed by atoms with E-state index in [1.165, 1.54) is 6.39 Å². The van der Waals surface area contributed by atoms with Crippen LogP contribution in [-0.2, 0) is 0 Å². The van der Waals surface area contributed by atoms with Crippen molar-refractivity contribution < 1.29 is 9.21 Å². The molecule has 1 N–H and O–H groups in total. The Morgan fingerprint density at radius 1 is 1.31 bits per heavy atom. The average molecular weight is 216 g/mol. The summed E-state index contributed by atoms with van der Waals surface area (Å²) in [4.78, 5) is 15.4. The van der Waals surface area contributed by atoms with Crippen molar-refractivity contribution in [3.63, 3.8) is 0 Å². The van der Waals surface area contributed by atoms with Crippen LogP contribution in [-0.4, -0.2) is 17.9 Å². The second kappa shape index (κ2) is 4.18. The van der Waals surface area contributed by atoms with E-state index < -0.39 is 0 Å². The van der Waals surface area contributed by atoms with Crippen molar-refractivity contribution in [1.29, 1.82) is 0 Å². The number of benzene rings is 1. The normalized spacial score (nSPS) is 10.1. The molecule has 0 radical (unpaired) electrons. The molecule has 1 aromatic carbocycles. The summed E-state index contributed by atoms with van der Waals surface area (Å²) in [5.41, 5.74) is 2.32. The summed E-state index contributed by atoms with van der Waals surface area (Å²) < 4.78 is 5.24. The number of hydrogen-bond donors (Lipinski definition) is 1. The first-order chi connectivity index (χ1) is 7.72. The predicted octanol–water partition coefficient (Wildman–Crippen LogP) is 2.01. The number of carbonyl (C=O) groups is 1. The first kappa shape index (κ1) is 10.4. The van der Waals surface area contributed by atoms with Crippen molar-refractivity contribution in [3.05, 3.63) is 41.9 Å². The zero-order valence-electron chi connectivity index (χ0n) is 9.15. The number of nitrogens with one attached hydrogen (secondary N) is 1. The van der Waals surface area contributed by atoms with Crippen LogP contribution in [0.25, 0.3) is 11.3 Å². The summed E-state index contributed by atoms with van der Waals surface area (Å²) in [6.07, 6.45) is 1.28. The maximum atomic E-state index is 11.5. The predicted molar refractivity (Wildman–Crippen MR) is 60.1 cm³/mol. The van der Waals surface area contributed by atoms with E-state index in [0.29, 0.717) is 11.5 Å². The average Bonchev–Trinajstić information content (AvgIpc) is 2.78. The van der Waals surface area contributed by atoms with E-state index >= 15 is 0 Å². The molecular formula is C12H12N2O2. The highest BCUT2D eigenvalue weighted by Crippen LogP contribution is 2.23. The first-order valence-corrected chi connectivity index (χ1v) is 4.95. The highest BCUT2D eigenvalue weighted by molar-refractivity contribution is 5.97. The Kier molecular flexibility index (Phi) is 2.72. The van der Waals surface area contributed by atoms with Gasteiger partial charge >= 0.3 is 0 Å². The lowest BCUT2D eigenvalue weighted by Gasteiger charge is -2.00. The zero-order valence-corrected chi connectivity index (χ0v) is 9.15. The third-order valence-corrected chi connectivity index (χ3v) is 2.32. The van der Waals surface area contributed by atoms with Gasteiger partial charge in [-0.3, -0.25) is 4.79 Å². The van der Waals surface area contributed by atoms with Gasteiger partial charge in [-0.25, -0.2) is 4.98 Å². The van der Waals surface area contributed by atoms with Gasteiger partial charge in [-0.05, 0) is 6.92 Å². The van der Waals surface area contributed by atoms with E-state index in [9.17, 15) is 4.79 Å². The molecule has 0 unspecified atom stereocenters. The van der Waals surface area contributed by atoms with Crippen LogP contribution >= 0.6 is 0 Å². The molecule has 0 atom stereocenters. The standard InChI is InChI=1S/C12H12N2O2/c1-8-3-5-9(6-4-8)11-10(12(15)13-2)14-7-16-11/h3-7H,1-2H3,(H,13,15). The Bertz CT molecular complexity index is 500. The van der Waals surface area contributed by atoms with Gasteiger partial charge in [0.05, 0.1) is 0 Å². The summed E-state index contributed by atoms with van der Waals surface area (Å²) in [6, 6.07) is 7.74. The van der Waals surface area contributed by atoms with E-state index in [1.54, 1.807) is 7.05 Å². The molecule has 0 aliphatic rings. The summed E-state index contributed by atoms with van der Waals surface area (Å²) in [7, 11) is 1.57. The smallest absolute Gasteiger partial charge is 0.273 e. The summed E-state index contributed by atoms with van der Waals surface area (Å²) >= 11 is 0. The molecule has 1 aromatic heterocycles. The third-order valence-electron chi connectivity index (χ3n) is 2.32. The largest absolute Gasteiger partial charge is 0.443 e. The second-order valence-corrected chi connectivity index (χ2v) is 3.48. The fraction of sp³-hybridized carbons (Fsp3) is 0.167. The van der Waals surface area contributed by atoms with Crippen molar-refractivity contribution in [2.75, 3.05) is 7.05 Å². The Hall–Kier alpha value is -2.10. The van der Waals surface area contributed by atoms with Crippen LogP contribution in [0.3, 0.4) is 0 Å². The van der Waals surface area contributed by atoms with Crippen molar-refractivity contribution in [3.8, 4) is 11.3 Å². The lowest BCUT2D eigenvalue weighted by atomic mass is 10.1. The number of oxazole rings is 1. The molecule has 0 fully saturated rings. The molecular weight excluding hydrogens is 204 g/mol. The van der Waals surface area contributed by atoms with Crippen molar-refractivity contribution in [2.24, 2.45) is 0 Å². The highest BCUT2D eigenvalue weighted by Gasteiger charge is 2.16. The topological polar surface area (TPSA) is 55.1 Å². The van der Waals surface area contributed by atoms with Gasteiger partial charge in [0.1, 0.15) is 0 Å². The molecule has 82 valence electrons. The molecule has 1 amide bonds. The minimum Gasteiger partial charge on any atom is -0.443 e. The van der Waals surface area contributed by atoms with Crippen molar-refractivity contribution in [1.82, 2.24) is 10.3 Å². The lowest BCUT2D eigenvalue weighted by molar-refractivity contribution is 0.0959. The lowest BCUT2D eigenvalue weighted by Crippen LogP contribution is -2.18. The van der Waals surface area contributed by atoms with Crippen LogP contribution in [0.1, 0.15) is 16.1 Å². The fourth-order valence-corrected chi connectivity index (χ4v) is 1.44. The molecule has 4 nitrogen and oxygen atoms in total. The number of aryl methyl sites for hydroxylation is 1. The van der Waals surface area contributed by atoms with Crippen LogP contribution in [0.2, 0.25) is 0 Å². The van der Waals surface area contributed by atoms with Gasteiger partial charge < -0.3 is 9.73 Å². The van der Waals surface area contributed by atoms with Crippen LogP contribution in [0.4, 0.5) is 0 Å². The van der Waals surface area contributed by atoms with Gasteiger partial charge in [-0.1, -0.05) is 29.8 Å². The van der Waals surface area contributed by atoms with Gasteiger partial charge in [0.25, 0.3) is 5.91 Å². The molecule has 0 aliphatic carbocycles. The first-order valence-electron chi connectivity index (χ1n) is 4.95. The fourth-order valence-electron chi connectivity index (χ4n) is 1.44. The molecule has 16 heavy (non-hydrogen) atoms. The van der Waals surface area contributed by atoms with Crippen molar-refractivity contribution in [2.45, 2.75) is 6.92 Å². The molecule has 0 bridgehead atoms. The van der Waals surface area contributed by atoms with Gasteiger partial charge in [0.15, 0.2) is 17.8 Å². The van der Waals surface area contributed by atoms with Gasteiger partial charge in [-0.2, -0.15) is 0 Å². The van der Waals surface area contributed by atoms with Crippen LogP contribution in [0.15, 0.2) is 35.1 Å². The highest BCUT2D eigenvalue weighted by atomic mass is 16.3. The van der Waals surface area contributed by atoms with E-state index in [1.807, 2.05) is 31.2 Å². The van der Waals surface area contributed by atoms with Gasteiger partial charge in [0.2, 0.25) is 0 Å². The Morgan fingerprint density at radius 3 is 2.62 bits per heavy atom. The molecule has 0 aliphatic heterocycles. The minimum absolute atomic E-state index is 0.246. The monoisotopic (exact) mass is 216 g/mol. The quantitative estimate of drug-likeness (QED) is 0.835. The van der Waals surface area contributed by atoms with E-state index in [2.05, 4.69) is 10.3 Å². The zero-order chi connectivity index (χ0) is 11.5. The Labute approximate surface area is 93.3 Å². The van der Waals surface area contributed by atoms with Crippen molar-refractivity contribution >= 4 is 5.91 Å². The van der Waals surface area contributed by atoms with Gasteiger partial charge in [-0.15, -0.1) is 0 Å². The number of rotatable bonds is 2. The minimum atomic E-state index is -0.246. The number of amides is 1. The number of hydrogen-bond acceptors (Lipinski definition) is 3. The Morgan fingerprint density at radius 2 is 2.00 bits per heavy atom. The summed E-state index contributed by atoms with van der Waals surface area (Å²) in [6.45, 7) is 2.00. The SMILES string of the molecule is CNC(=O)c1ncoc1-c1ccc(C)cc1. The summed E-state index contributed by atoms with van der Waals surface area (Å²) in [5, 5.41) is 2.53. The molecule has 2 aromatic rings. The molecule has 1 heterocycles. The van der Waals surface area contributed by atoms with Crippen LogP contribution < -0.4 is 5.32 Å². The molecule has 0 saturated carbocycles. The molecule has 4 heteroatoms. The van der Waals surface area contributed by atoms with E-state index in [-0.39, 0.29) is 5.91 Å². The molecule has 0 spiro atoms. The molecule has 0 saturated heterocycles. The number of aromatic nitrogens is 1. The number of nitrogens with zero attached hydrogens (tertiary/aromatic N) is 1. The summed E-state index contributed by atoms with van der Waals surface area (Å²) in [5.74, 6) is 0.253. The second-order valence-electron chi connectivity index (χ2n) is 3.48. The van der Waals surface area contributed by atoms with E-state index in [4.69, 9.17) is 4.42 Å². The number of carbonyl (C=O) groups excluding carboxylic acids is 1. The van der Waals surface area contributed by atoms with Crippen LogP contribution in [0.5, 0.6) is 0 Å². The van der Waals surface area contributed by atoms with Gasteiger partial charge in [0, 0.05) is 12.6 Å². The van der Waals surface area contributed by atoms with Crippen LogP contribution in [0, 0.1) is 6.92 Å². The maximum absolute atomic E-state index is 11.5.